The summed E-state index contributed by atoms with van der Waals surface area (Å²) in [5.41, 5.74) is 0.803. The standard InChI is InChI=1S/C22H32FN3O5S/c1-14(2)19(26-22(30)31-13-16-8-6-5-7-9-16)21(29)24-15(3)20(28)25-17(10-11-32-4)18(27)12-23/h5-9,14-15,17,19H,10-13H2,1-4H3,(H,24,29)(H,25,28)(H,26,30)/t15-,17-,19+/m0/s1. The number of nitrogens with one attached hydrogen (secondary N) is 3. The first kappa shape index (κ1) is 27.4. The topological polar surface area (TPSA) is 114 Å². The molecule has 32 heavy (non-hydrogen) atoms. The summed E-state index contributed by atoms with van der Waals surface area (Å²) in [7, 11) is 0. The number of thioether (sulfide) groups is 1. The highest BCUT2D eigenvalue weighted by molar-refractivity contribution is 7.98. The molecule has 0 radical (unpaired) electrons. The van der Waals surface area contributed by atoms with Crippen LogP contribution in [-0.4, -0.2) is 60.5 Å². The molecular weight excluding hydrogens is 437 g/mol. The number of rotatable bonds is 13. The molecule has 0 aromatic heterocycles. The van der Waals surface area contributed by atoms with Gasteiger partial charge in [0.05, 0.1) is 6.04 Å². The summed E-state index contributed by atoms with van der Waals surface area (Å²) in [6.07, 6.45) is 1.37. The fourth-order valence-electron chi connectivity index (χ4n) is 2.73. The number of Topliss-reactive ketones (excluding diaryl/α,β-unsaturated/α-hetero) is 1. The Morgan fingerprint density at radius 1 is 1.00 bits per heavy atom. The summed E-state index contributed by atoms with van der Waals surface area (Å²) in [5, 5.41) is 7.53. The number of benzene rings is 1. The Bertz CT molecular complexity index is 763. The zero-order valence-electron chi connectivity index (χ0n) is 18.9. The van der Waals surface area contributed by atoms with E-state index in [1.54, 1.807) is 26.0 Å². The molecule has 8 nitrogen and oxygen atoms in total. The fraction of sp³-hybridized carbons (Fsp3) is 0.545. The maximum Gasteiger partial charge on any atom is 0.408 e. The molecular formula is C22H32FN3O5S. The largest absolute Gasteiger partial charge is 0.445 e. The van der Waals surface area contributed by atoms with Crippen LogP contribution in [0.4, 0.5) is 9.18 Å². The van der Waals surface area contributed by atoms with Gasteiger partial charge in [0.25, 0.3) is 0 Å². The second-order valence-corrected chi connectivity index (χ2v) is 8.59. The number of ketones is 1. The highest BCUT2D eigenvalue weighted by Crippen LogP contribution is 2.06. The van der Waals surface area contributed by atoms with Crippen molar-refractivity contribution in [1.82, 2.24) is 16.0 Å². The van der Waals surface area contributed by atoms with Crippen molar-refractivity contribution >= 4 is 35.5 Å². The van der Waals surface area contributed by atoms with E-state index in [9.17, 15) is 23.6 Å². The quantitative estimate of drug-likeness (QED) is 0.408. The summed E-state index contributed by atoms with van der Waals surface area (Å²) in [4.78, 5) is 49.0. The lowest BCUT2D eigenvalue weighted by molar-refractivity contribution is -0.132. The number of carbonyl (C=O) groups excluding carboxylic acids is 4. The van der Waals surface area contributed by atoms with Gasteiger partial charge in [-0.3, -0.25) is 14.4 Å². The van der Waals surface area contributed by atoms with Crippen molar-refractivity contribution in [3.05, 3.63) is 35.9 Å². The number of carbonyl (C=O) groups is 4. The van der Waals surface area contributed by atoms with Gasteiger partial charge in [-0.2, -0.15) is 11.8 Å². The first-order chi connectivity index (χ1) is 15.2. The molecule has 0 unspecified atom stereocenters. The SMILES string of the molecule is CSCC[C@H](NC(=O)[C@H](C)NC(=O)[C@H](NC(=O)OCc1ccccc1)C(C)C)C(=O)CF. The Hall–Kier alpha value is -2.62. The van der Waals surface area contributed by atoms with Gasteiger partial charge >= 0.3 is 6.09 Å². The predicted octanol–water partition coefficient (Wildman–Crippen LogP) is 2.22. The van der Waals surface area contributed by atoms with Crippen LogP contribution in [0.25, 0.3) is 0 Å². The van der Waals surface area contributed by atoms with Gasteiger partial charge in [-0.15, -0.1) is 0 Å². The van der Waals surface area contributed by atoms with E-state index in [-0.39, 0.29) is 12.5 Å². The molecule has 1 aromatic rings. The Balaban J connectivity index is 2.64. The van der Waals surface area contributed by atoms with Crippen LogP contribution >= 0.6 is 11.8 Å². The minimum absolute atomic E-state index is 0.0535. The fourth-order valence-corrected chi connectivity index (χ4v) is 3.21. The van der Waals surface area contributed by atoms with E-state index in [1.165, 1.54) is 18.7 Å². The molecule has 3 amide bonds. The molecule has 0 aliphatic heterocycles. The Kier molecular flexibility index (Phi) is 12.4. The van der Waals surface area contributed by atoms with Gasteiger partial charge in [0.1, 0.15) is 25.4 Å². The van der Waals surface area contributed by atoms with Gasteiger partial charge in [-0.25, -0.2) is 9.18 Å². The van der Waals surface area contributed by atoms with E-state index in [0.29, 0.717) is 12.2 Å². The van der Waals surface area contributed by atoms with Gasteiger partial charge in [0, 0.05) is 0 Å². The molecule has 1 aromatic carbocycles. The van der Waals surface area contributed by atoms with Crippen LogP contribution in [0.15, 0.2) is 30.3 Å². The Morgan fingerprint density at radius 3 is 2.22 bits per heavy atom. The third-order valence-electron chi connectivity index (χ3n) is 4.63. The molecule has 3 N–H and O–H groups in total. The lowest BCUT2D eigenvalue weighted by Gasteiger charge is -2.24. The van der Waals surface area contributed by atoms with E-state index in [1.807, 2.05) is 24.5 Å². The molecule has 0 saturated heterocycles. The molecule has 0 aliphatic rings. The number of alkyl carbamates (subject to hydrolysis) is 1. The van der Waals surface area contributed by atoms with Crippen LogP contribution < -0.4 is 16.0 Å². The second kappa shape index (κ2) is 14.4. The van der Waals surface area contributed by atoms with E-state index in [2.05, 4.69) is 16.0 Å². The Morgan fingerprint density at radius 2 is 1.66 bits per heavy atom. The molecule has 3 atom stereocenters. The van der Waals surface area contributed by atoms with E-state index in [4.69, 9.17) is 4.74 Å². The molecule has 0 aliphatic carbocycles. The number of ether oxygens (including phenoxy) is 1. The van der Waals surface area contributed by atoms with E-state index >= 15 is 0 Å². The Labute approximate surface area is 192 Å². The zero-order valence-corrected chi connectivity index (χ0v) is 19.7. The van der Waals surface area contributed by atoms with Crippen molar-refractivity contribution < 1.29 is 28.3 Å². The van der Waals surface area contributed by atoms with Crippen molar-refractivity contribution in [3.63, 3.8) is 0 Å². The van der Waals surface area contributed by atoms with Crippen molar-refractivity contribution in [2.45, 2.75) is 51.9 Å². The minimum Gasteiger partial charge on any atom is -0.445 e. The van der Waals surface area contributed by atoms with Crippen LogP contribution in [0.2, 0.25) is 0 Å². The van der Waals surface area contributed by atoms with Gasteiger partial charge < -0.3 is 20.7 Å². The van der Waals surface area contributed by atoms with Gasteiger partial charge in [0.15, 0.2) is 5.78 Å². The number of amides is 3. The van der Waals surface area contributed by atoms with Gasteiger partial charge in [-0.1, -0.05) is 44.2 Å². The highest BCUT2D eigenvalue weighted by atomic mass is 32.2. The molecule has 0 heterocycles. The van der Waals surface area contributed by atoms with Crippen LogP contribution in [0.5, 0.6) is 0 Å². The van der Waals surface area contributed by atoms with Gasteiger partial charge in [0.2, 0.25) is 11.8 Å². The lowest BCUT2D eigenvalue weighted by Crippen LogP contribution is -2.56. The summed E-state index contributed by atoms with van der Waals surface area (Å²) in [6, 6.07) is 6.22. The first-order valence-electron chi connectivity index (χ1n) is 10.3. The normalized spacial score (nSPS) is 13.6. The molecule has 0 saturated carbocycles. The molecule has 0 bridgehead atoms. The summed E-state index contributed by atoms with van der Waals surface area (Å²) >= 11 is 1.47. The lowest BCUT2D eigenvalue weighted by atomic mass is 10.0. The third kappa shape index (κ3) is 9.67. The molecule has 0 spiro atoms. The number of hydrogen-bond acceptors (Lipinski definition) is 6. The van der Waals surface area contributed by atoms with Crippen LogP contribution in [0.1, 0.15) is 32.8 Å². The molecule has 0 fully saturated rings. The van der Waals surface area contributed by atoms with Crippen molar-refractivity contribution in [1.29, 1.82) is 0 Å². The van der Waals surface area contributed by atoms with Crippen molar-refractivity contribution in [2.24, 2.45) is 5.92 Å². The maximum atomic E-state index is 12.8. The van der Waals surface area contributed by atoms with Crippen molar-refractivity contribution in [2.75, 3.05) is 18.7 Å². The summed E-state index contributed by atoms with van der Waals surface area (Å²) in [6.45, 7) is 3.81. The second-order valence-electron chi connectivity index (χ2n) is 7.60. The molecule has 178 valence electrons. The number of hydrogen-bond donors (Lipinski definition) is 3. The van der Waals surface area contributed by atoms with Crippen LogP contribution in [0.3, 0.4) is 0 Å². The molecule has 1 rings (SSSR count). The average molecular weight is 470 g/mol. The van der Waals surface area contributed by atoms with Crippen molar-refractivity contribution in [3.8, 4) is 0 Å². The highest BCUT2D eigenvalue weighted by Gasteiger charge is 2.29. The minimum atomic E-state index is -1.18. The van der Waals surface area contributed by atoms with Gasteiger partial charge in [-0.05, 0) is 36.8 Å². The zero-order chi connectivity index (χ0) is 24.1. The average Bonchev–Trinajstić information content (AvgIpc) is 2.78. The number of halogens is 1. The maximum absolute atomic E-state index is 12.8. The summed E-state index contributed by atoms with van der Waals surface area (Å²) < 4.78 is 17.9. The number of alkyl halides is 1. The third-order valence-corrected chi connectivity index (χ3v) is 5.28. The molecule has 10 heteroatoms. The monoisotopic (exact) mass is 469 g/mol. The van der Waals surface area contributed by atoms with E-state index < -0.39 is 48.5 Å². The smallest absolute Gasteiger partial charge is 0.408 e. The predicted molar refractivity (Wildman–Crippen MR) is 122 cm³/mol. The van der Waals surface area contributed by atoms with Crippen LogP contribution in [-0.2, 0) is 25.7 Å². The first-order valence-corrected chi connectivity index (χ1v) is 11.7. The van der Waals surface area contributed by atoms with E-state index in [0.717, 1.165) is 5.56 Å². The van der Waals surface area contributed by atoms with Crippen LogP contribution in [0, 0.1) is 5.92 Å². The summed E-state index contributed by atoms with van der Waals surface area (Å²) in [5.74, 6) is -1.61.